The first-order chi connectivity index (χ1) is 8.60. The smallest absolute Gasteiger partial charge is 0.269 e. The highest BCUT2D eigenvalue weighted by atomic mass is 16.6. The Balaban J connectivity index is 2.92. The number of nitro groups is 1. The number of non-ortho nitro benzene ring substituents is 1. The quantitative estimate of drug-likeness (QED) is 0.572. The molecule has 96 valence electrons. The second kappa shape index (κ2) is 6.72. The zero-order chi connectivity index (χ0) is 13.5. The van der Waals surface area contributed by atoms with Crippen LogP contribution in [0.4, 0.5) is 5.69 Å². The fraction of sp³-hybridized carbons (Fsp3) is 0.462. The van der Waals surface area contributed by atoms with E-state index in [1.807, 2.05) is 11.9 Å². The van der Waals surface area contributed by atoms with Gasteiger partial charge in [0.05, 0.1) is 11.0 Å². The summed E-state index contributed by atoms with van der Waals surface area (Å²) in [7, 11) is 1.86. The lowest BCUT2D eigenvalue weighted by Crippen LogP contribution is -2.24. The summed E-state index contributed by atoms with van der Waals surface area (Å²) >= 11 is 0. The predicted octanol–water partition coefficient (Wildman–Crippen LogP) is 2.89. The van der Waals surface area contributed by atoms with E-state index < -0.39 is 11.0 Å². The number of unbranched alkanes of at least 4 members (excludes halogenated alkanes) is 1. The molecule has 0 amide bonds. The Morgan fingerprint density at radius 1 is 1.56 bits per heavy atom. The minimum absolute atomic E-state index is 0.0247. The third-order valence-electron chi connectivity index (χ3n) is 2.82. The van der Waals surface area contributed by atoms with Crippen LogP contribution in [-0.2, 0) is 0 Å². The molecule has 0 heterocycles. The van der Waals surface area contributed by atoms with Gasteiger partial charge >= 0.3 is 0 Å². The highest BCUT2D eigenvalue weighted by molar-refractivity contribution is 5.37. The molecule has 0 aliphatic rings. The van der Waals surface area contributed by atoms with Crippen LogP contribution in [0.5, 0.6) is 0 Å². The Bertz CT molecular complexity index is 454. The van der Waals surface area contributed by atoms with Crippen LogP contribution in [0.15, 0.2) is 24.3 Å². The van der Waals surface area contributed by atoms with Crippen LogP contribution in [0, 0.1) is 21.4 Å². The number of hydrogen-bond acceptors (Lipinski definition) is 4. The fourth-order valence-electron chi connectivity index (χ4n) is 1.77. The van der Waals surface area contributed by atoms with Crippen molar-refractivity contribution in [2.24, 2.45) is 0 Å². The standard InChI is InChI=1S/C13H17N3O2/c1-3-4-8-15(2)13(10-14)11-6-5-7-12(9-11)16(17)18/h5-7,9,13H,3-4,8H2,1-2H3. The molecule has 0 radical (unpaired) electrons. The molecule has 1 rings (SSSR count). The maximum Gasteiger partial charge on any atom is 0.269 e. The molecule has 1 unspecified atom stereocenters. The van der Waals surface area contributed by atoms with Gasteiger partial charge in [-0.1, -0.05) is 25.5 Å². The molecule has 0 saturated carbocycles. The molecule has 1 aromatic carbocycles. The van der Waals surface area contributed by atoms with E-state index in [4.69, 9.17) is 0 Å². The predicted molar refractivity (Wildman–Crippen MR) is 69.0 cm³/mol. The molecule has 1 aromatic rings. The van der Waals surface area contributed by atoms with Crippen molar-refractivity contribution in [2.75, 3.05) is 13.6 Å². The van der Waals surface area contributed by atoms with E-state index in [1.54, 1.807) is 12.1 Å². The summed E-state index contributed by atoms with van der Waals surface area (Å²) < 4.78 is 0. The van der Waals surface area contributed by atoms with Crippen LogP contribution in [0.1, 0.15) is 31.4 Å². The summed E-state index contributed by atoms with van der Waals surface area (Å²) in [6, 6.07) is 8.04. The number of nitro benzene ring substituents is 1. The Kier molecular flexibility index (Phi) is 5.28. The molecule has 0 saturated heterocycles. The molecular weight excluding hydrogens is 230 g/mol. The van der Waals surface area contributed by atoms with Crippen LogP contribution in [0.2, 0.25) is 0 Å². The molecule has 0 N–H and O–H groups in total. The number of nitriles is 1. The molecule has 0 bridgehead atoms. The van der Waals surface area contributed by atoms with Gasteiger partial charge in [-0.2, -0.15) is 5.26 Å². The topological polar surface area (TPSA) is 70.2 Å². The van der Waals surface area contributed by atoms with Crippen LogP contribution >= 0.6 is 0 Å². The van der Waals surface area contributed by atoms with E-state index in [9.17, 15) is 15.4 Å². The zero-order valence-electron chi connectivity index (χ0n) is 10.7. The number of hydrogen-bond donors (Lipinski definition) is 0. The normalized spacial score (nSPS) is 12.1. The van der Waals surface area contributed by atoms with Gasteiger partial charge in [-0.05, 0) is 25.6 Å². The molecule has 0 aromatic heterocycles. The zero-order valence-corrected chi connectivity index (χ0v) is 10.7. The molecule has 0 aliphatic carbocycles. The summed E-state index contributed by atoms with van der Waals surface area (Å²) in [5, 5.41) is 19.9. The average molecular weight is 247 g/mol. The third kappa shape index (κ3) is 3.54. The van der Waals surface area contributed by atoms with Gasteiger partial charge in [-0.15, -0.1) is 0 Å². The molecular formula is C13H17N3O2. The van der Waals surface area contributed by atoms with Crippen molar-refractivity contribution in [3.8, 4) is 6.07 Å². The molecule has 18 heavy (non-hydrogen) atoms. The lowest BCUT2D eigenvalue weighted by Gasteiger charge is -2.22. The monoisotopic (exact) mass is 247 g/mol. The van der Waals surface area contributed by atoms with Crippen LogP contribution in [0.3, 0.4) is 0 Å². The molecule has 0 fully saturated rings. The maximum atomic E-state index is 10.7. The lowest BCUT2D eigenvalue weighted by molar-refractivity contribution is -0.384. The molecule has 0 spiro atoms. The summed E-state index contributed by atoms with van der Waals surface area (Å²) in [5.74, 6) is 0. The van der Waals surface area contributed by atoms with E-state index in [1.165, 1.54) is 12.1 Å². The number of rotatable bonds is 6. The van der Waals surface area contributed by atoms with Gasteiger partial charge < -0.3 is 0 Å². The average Bonchev–Trinajstić information content (AvgIpc) is 2.37. The summed E-state index contributed by atoms with van der Waals surface area (Å²) in [5.41, 5.74) is 0.696. The minimum atomic E-state index is -0.440. The van der Waals surface area contributed by atoms with Crippen LogP contribution in [-0.4, -0.2) is 23.4 Å². The Morgan fingerprint density at radius 3 is 2.83 bits per heavy atom. The summed E-state index contributed by atoms with van der Waals surface area (Å²) in [4.78, 5) is 12.2. The highest BCUT2D eigenvalue weighted by Gasteiger charge is 2.18. The van der Waals surface area contributed by atoms with Gasteiger partial charge in [0.25, 0.3) is 5.69 Å². The van der Waals surface area contributed by atoms with Crippen molar-refractivity contribution in [1.29, 1.82) is 5.26 Å². The van der Waals surface area contributed by atoms with Gasteiger partial charge in [0.15, 0.2) is 0 Å². The van der Waals surface area contributed by atoms with E-state index >= 15 is 0 Å². The maximum absolute atomic E-state index is 10.7. The van der Waals surface area contributed by atoms with Crippen molar-refractivity contribution < 1.29 is 4.92 Å². The van der Waals surface area contributed by atoms with Gasteiger partial charge in [0.1, 0.15) is 6.04 Å². The van der Waals surface area contributed by atoms with E-state index in [2.05, 4.69) is 13.0 Å². The summed E-state index contributed by atoms with van der Waals surface area (Å²) in [6.07, 6.45) is 2.06. The molecule has 1 atom stereocenters. The van der Waals surface area contributed by atoms with Crippen LogP contribution < -0.4 is 0 Å². The SMILES string of the molecule is CCCCN(C)C(C#N)c1cccc([N+](=O)[O-])c1. The first-order valence-electron chi connectivity index (χ1n) is 5.94. The first kappa shape index (κ1) is 14.1. The van der Waals surface area contributed by atoms with E-state index in [0.717, 1.165) is 19.4 Å². The van der Waals surface area contributed by atoms with Crippen molar-refractivity contribution in [3.63, 3.8) is 0 Å². The van der Waals surface area contributed by atoms with Crippen molar-refractivity contribution in [1.82, 2.24) is 4.90 Å². The second-order valence-electron chi connectivity index (χ2n) is 4.22. The van der Waals surface area contributed by atoms with Crippen molar-refractivity contribution in [3.05, 3.63) is 39.9 Å². The third-order valence-corrected chi connectivity index (χ3v) is 2.82. The van der Waals surface area contributed by atoms with Crippen LogP contribution in [0.25, 0.3) is 0 Å². The van der Waals surface area contributed by atoms with Gasteiger partial charge in [-0.25, -0.2) is 0 Å². The van der Waals surface area contributed by atoms with Gasteiger partial charge in [0, 0.05) is 12.1 Å². The number of nitrogens with zero attached hydrogens (tertiary/aromatic N) is 3. The van der Waals surface area contributed by atoms with E-state index in [0.29, 0.717) is 5.56 Å². The Labute approximate surface area is 107 Å². The lowest BCUT2D eigenvalue weighted by atomic mass is 10.1. The van der Waals surface area contributed by atoms with Gasteiger partial charge in [-0.3, -0.25) is 15.0 Å². The summed E-state index contributed by atoms with van der Waals surface area (Å²) in [6.45, 7) is 2.89. The molecule has 0 aliphatic heterocycles. The van der Waals surface area contributed by atoms with Gasteiger partial charge in [0.2, 0.25) is 0 Å². The molecule has 5 heteroatoms. The van der Waals surface area contributed by atoms with Crippen molar-refractivity contribution >= 4 is 5.69 Å². The highest BCUT2D eigenvalue weighted by Crippen LogP contribution is 2.23. The minimum Gasteiger partial charge on any atom is -0.287 e. The fourth-order valence-corrected chi connectivity index (χ4v) is 1.77. The van der Waals surface area contributed by atoms with E-state index in [-0.39, 0.29) is 5.69 Å². The van der Waals surface area contributed by atoms with Crippen molar-refractivity contribution in [2.45, 2.75) is 25.8 Å². The first-order valence-corrected chi connectivity index (χ1v) is 5.94. The second-order valence-corrected chi connectivity index (χ2v) is 4.22. The molecule has 5 nitrogen and oxygen atoms in total. The number of benzene rings is 1. The largest absolute Gasteiger partial charge is 0.287 e. The Hall–Kier alpha value is -1.93. The Morgan fingerprint density at radius 2 is 2.28 bits per heavy atom.